The van der Waals surface area contributed by atoms with Gasteiger partial charge in [-0.15, -0.1) is 0 Å². The van der Waals surface area contributed by atoms with Crippen molar-refractivity contribution in [2.24, 2.45) is 5.92 Å². The Morgan fingerprint density at radius 3 is 2.30 bits per heavy atom. The van der Waals surface area contributed by atoms with E-state index in [2.05, 4.69) is 30.3 Å². The second-order valence-electron chi connectivity index (χ2n) is 10.2. The molecular formula is C31H35F2N3O. The fourth-order valence-electron chi connectivity index (χ4n) is 4.78. The lowest BCUT2D eigenvalue weighted by Crippen LogP contribution is -2.47. The van der Waals surface area contributed by atoms with E-state index in [9.17, 15) is 13.6 Å². The standard InChI is InChI=1S/C31H35F2N3O/c1-4-23-7-10-30(34-20-23)31(37)36(29-12-15-35(16-13-29)14-11-22(2)3)21-24-5-8-25(9-6-24)26-17-27(32)19-28(33)18-26/h4-10,17-20,22,29H,1,11-16,21H2,2-3H3. The smallest absolute Gasteiger partial charge is 0.272 e. The molecule has 0 unspecified atom stereocenters. The number of halogens is 2. The number of hydrogen-bond donors (Lipinski definition) is 0. The number of rotatable bonds is 9. The van der Waals surface area contributed by atoms with Crippen LogP contribution in [0.4, 0.5) is 8.78 Å². The summed E-state index contributed by atoms with van der Waals surface area (Å²) in [7, 11) is 0. The second kappa shape index (κ2) is 12.2. The van der Waals surface area contributed by atoms with E-state index in [-0.39, 0.29) is 11.9 Å². The van der Waals surface area contributed by atoms with Gasteiger partial charge in [-0.2, -0.15) is 0 Å². The zero-order chi connectivity index (χ0) is 26.4. The molecule has 4 nitrogen and oxygen atoms in total. The van der Waals surface area contributed by atoms with Gasteiger partial charge < -0.3 is 9.80 Å². The Morgan fingerprint density at radius 2 is 1.73 bits per heavy atom. The van der Waals surface area contributed by atoms with Gasteiger partial charge in [-0.25, -0.2) is 8.78 Å². The highest BCUT2D eigenvalue weighted by atomic mass is 19.1. The number of benzene rings is 2. The van der Waals surface area contributed by atoms with Crippen LogP contribution in [0.25, 0.3) is 17.2 Å². The number of piperidine rings is 1. The third kappa shape index (κ3) is 7.10. The van der Waals surface area contributed by atoms with Crippen molar-refractivity contribution in [1.29, 1.82) is 0 Å². The van der Waals surface area contributed by atoms with Crippen molar-refractivity contribution in [3.8, 4) is 11.1 Å². The number of likely N-dealkylation sites (tertiary alicyclic amines) is 1. The highest BCUT2D eigenvalue weighted by molar-refractivity contribution is 5.92. The van der Waals surface area contributed by atoms with Gasteiger partial charge in [-0.1, -0.05) is 56.8 Å². The predicted molar refractivity (Wildman–Crippen MR) is 145 cm³/mol. The molecule has 3 aromatic rings. The molecule has 2 heterocycles. The average molecular weight is 504 g/mol. The van der Waals surface area contributed by atoms with Gasteiger partial charge >= 0.3 is 0 Å². The summed E-state index contributed by atoms with van der Waals surface area (Å²) in [6.45, 7) is 11.7. The van der Waals surface area contributed by atoms with E-state index in [0.717, 1.165) is 55.2 Å². The minimum atomic E-state index is -0.606. The van der Waals surface area contributed by atoms with Crippen molar-refractivity contribution < 1.29 is 13.6 Å². The molecule has 0 radical (unpaired) electrons. The van der Waals surface area contributed by atoms with Gasteiger partial charge in [-0.05, 0) is 72.2 Å². The van der Waals surface area contributed by atoms with Gasteiger partial charge in [0.1, 0.15) is 17.3 Å². The van der Waals surface area contributed by atoms with Crippen LogP contribution < -0.4 is 0 Å². The maximum Gasteiger partial charge on any atom is 0.272 e. The van der Waals surface area contributed by atoms with Crippen LogP contribution in [-0.4, -0.2) is 46.4 Å². The molecule has 0 spiro atoms. The van der Waals surface area contributed by atoms with E-state index in [1.54, 1.807) is 18.3 Å². The van der Waals surface area contributed by atoms with Crippen LogP contribution in [0.5, 0.6) is 0 Å². The molecular weight excluding hydrogens is 468 g/mol. The van der Waals surface area contributed by atoms with Crippen molar-refractivity contribution in [2.45, 2.75) is 45.7 Å². The number of pyridine rings is 1. The molecule has 1 fully saturated rings. The molecule has 1 aromatic heterocycles. The Hall–Kier alpha value is -3.38. The van der Waals surface area contributed by atoms with E-state index < -0.39 is 11.6 Å². The fourth-order valence-corrected chi connectivity index (χ4v) is 4.78. The summed E-state index contributed by atoms with van der Waals surface area (Å²) in [5.41, 5.74) is 3.45. The summed E-state index contributed by atoms with van der Waals surface area (Å²) in [6.07, 6.45) is 6.37. The largest absolute Gasteiger partial charge is 0.330 e. The molecule has 1 aliphatic rings. The maximum atomic E-state index is 13.7. The number of nitrogens with zero attached hydrogens (tertiary/aromatic N) is 3. The molecule has 0 aliphatic carbocycles. The van der Waals surface area contributed by atoms with Crippen LogP contribution in [0.2, 0.25) is 0 Å². The molecule has 1 amide bonds. The minimum absolute atomic E-state index is 0.0903. The van der Waals surface area contributed by atoms with Crippen molar-refractivity contribution in [1.82, 2.24) is 14.8 Å². The van der Waals surface area contributed by atoms with Crippen LogP contribution >= 0.6 is 0 Å². The molecule has 6 heteroatoms. The molecule has 1 saturated heterocycles. The molecule has 1 aliphatic heterocycles. The van der Waals surface area contributed by atoms with Crippen molar-refractivity contribution in [3.05, 3.63) is 95.8 Å². The average Bonchev–Trinajstić information content (AvgIpc) is 2.90. The molecule has 4 rings (SSSR count). The molecule has 2 aromatic carbocycles. The van der Waals surface area contributed by atoms with Gasteiger partial charge in [0.05, 0.1) is 0 Å². The van der Waals surface area contributed by atoms with Crippen LogP contribution in [0.1, 0.15) is 54.7 Å². The van der Waals surface area contributed by atoms with Crippen LogP contribution in [0, 0.1) is 17.6 Å². The lowest BCUT2D eigenvalue weighted by Gasteiger charge is -2.38. The second-order valence-corrected chi connectivity index (χ2v) is 10.2. The molecule has 0 bridgehead atoms. The quantitative estimate of drug-likeness (QED) is 0.321. The summed E-state index contributed by atoms with van der Waals surface area (Å²) < 4.78 is 27.4. The van der Waals surface area contributed by atoms with Gasteiger partial charge in [0, 0.05) is 37.9 Å². The van der Waals surface area contributed by atoms with Crippen LogP contribution in [0.15, 0.2) is 67.4 Å². The normalized spacial score (nSPS) is 14.6. The van der Waals surface area contributed by atoms with Gasteiger partial charge in [0.2, 0.25) is 0 Å². The fraction of sp³-hybridized carbons (Fsp3) is 0.355. The maximum absolute atomic E-state index is 13.7. The molecule has 0 saturated carbocycles. The first-order chi connectivity index (χ1) is 17.8. The Bertz CT molecular complexity index is 1180. The first-order valence-electron chi connectivity index (χ1n) is 13.0. The van der Waals surface area contributed by atoms with E-state index >= 15 is 0 Å². The zero-order valence-corrected chi connectivity index (χ0v) is 21.7. The lowest BCUT2D eigenvalue weighted by molar-refractivity contribution is 0.0540. The zero-order valence-electron chi connectivity index (χ0n) is 21.7. The van der Waals surface area contributed by atoms with E-state index in [1.165, 1.54) is 18.6 Å². The Kier molecular flexibility index (Phi) is 8.82. The minimum Gasteiger partial charge on any atom is -0.330 e. The third-order valence-electron chi connectivity index (χ3n) is 7.03. The highest BCUT2D eigenvalue weighted by Gasteiger charge is 2.29. The summed E-state index contributed by atoms with van der Waals surface area (Å²) >= 11 is 0. The molecule has 0 atom stereocenters. The third-order valence-corrected chi connectivity index (χ3v) is 7.03. The highest BCUT2D eigenvalue weighted by Crippen LogP contribution is 2.25. The summed E-state index contributed by atoms with van der Waals surface area (Å²) in [5, 5.41) is 0. The summed E-state index contributed by atoms with van der Waals surface area (Å²) in [5.74, 6) is -0.629. The van der Waals surface area contributed by atoms with E-state index in [0.29, 0.717) is 23.7 Å². The number of hydrogen-bond acceptors (Lipinski definition) is 3. The SMILES string of the molecule is C=Cc1ccc(C(=O)N(Cc2ccc(-c3cc(F)cc(F)c3)cc2)C2CCN(CCC(C)C)CC2)nc1. The topological polar surface area (TPSA) is 36.4 Å². The first kappa shape index (κ1) is 26.7. The van der Waals surface area contributed by atoms with Gasteiger partial charge in [0.25, 0.3) is 5.91 Å². The Balaban J connectivity index is 1.52. The van der Waals surface area contributed by atoms with Gasteiger partial charge in [-0.3, -0.25) is 9.78 Å². The van der Waals surface area contributed by atoms with Crippen molar-refractivity contribution in [2.75, 3.05) is 19.6 Å². The summed E-state index contributed by atoms with van der Waals surface area (Å²) in [4.78, 5) is 22.5. The number of carbonyl (C=O) groups is 1. The first-order valence-corrected chi connectivity index (χ1v) is 13.0. The monoisotopic (exact) mass is 503 g/mol. The Morgan fingerprint density at radius 1 is 1.05 bits per heavy atom. The number of amides is 1. The van der Waals surface area contributed by atoms with Crippen LogP contribution in [-0.2, 0) is 6.54 Å². The molecule has 194 valence electrons. The summed E-state index contributed by atoms with van der Waals surface area (Å²) in [6, 6.07) is 14.8. The molecule has 37 heavy (non-hydrogen) atoms. The van der Waals surface area contributed by atoms with Crippen molar-refractivity contribution in [3.63, 3.8) is 0 Å². The number of carbonyl (C=O) groups excluding carboxylic acids is 1. The molecule has 0 N–H and O–H groups in total. The number of aromatic nitrogens is 1. The van der Waals surface area contributed by atoms with Crippen molar-refractivity contribution >= 4 is 12.0 Å². The van der Waals surface area contributed by atoms with Crippen LogP contribution in [0.3, 0.4) is 0 Å². The predicted octanol–water partition coefficient (Wildman–Crippen LogP) is 6.82. The van der Waals surface area contributed by atoms with E-state index in [1.807, 2.05) is 35.2 Å². The Labute approximate surface area is 218 Å². The lowest BCUT2D eigenvalue weighted by atomic mass is 9.99. The van der Waals surface area contributed by atoms with Gasteiger partial charge in [0.15, 0.2) is 0 Å². The van der Waals surface area contributed by atoms with E-state index in [4.69, 9.17) is 0 Å².